The third-order valence-corrected chi connectivity index (χ3v) is 8.48. The van der Waals surface area contributed by atoms with Crippen LogP contribution in [0, 0.1) is 17.8 Å². The van der Waals surface area contributed by atoms with Crippen molar-refractivity contribution in [3.05, 3.63) is 87.4 Å². The van der Waals surface area contributed by atoms with E-state index in [0.29, 0.717) is 34.6 Å². The van der Waals surface area contributed by atoms with Gasteiger partial charge in [-0.2, -0.15) is 0 Å². The van der Waals surface area contributed by atoms with E-state index in [9.17, 15) is 24.3 Å². The topological polar surface area (TPSA) is 101 Å². The molecule has 0 aromatic heterocycles. The highest BCUT2D eigenvalue weighted by Crippen LogP contribution is 2.56. The second kappa shape index (κ2) is 8.66. The fourth-order valence-electron chi connectivity index (χ4n) is 6.28. The highest BCUT2D eigenvalue weighted by atomic mass is 79.9. The first-order chi connectivity index (χ1) is 17.8. The molecule has 1 fully saturated rings. The molecule has 1 saturated heterocycles. The largest absolute Gasteiger partial charge is 0.508 e. The monoisotopic (exact) mass is 559 g/mol. The maximum absolute atomic E-state index is 13.8. The van der Waals surface area contributed by atoms with Gasteiger partial charge < -0.3 is 9.84 Å². The molecule has 1 aliphatic heterocycles. The molecule has 2 aromatic carbocycles. The number of ketones is 2. The Hall–Kier alpha value is -3.78. The number of halogens is 1. The van der Waals surface area contributed by atoms with Crippen molar-refractivity contribution in [2.45, 2.75) is 18.8 Å². The van der Waals surface area contributed by atoms with E-state index in [4.69, 9.17) is 4.74 Å². The summed E-state index contributed by atoms with van der Waals surface area (Å²) in [5.74, 6) is -3.23. The SMILES string of the molecule is COc1ccc(O)c([C@H]2C3=CC[C@@H]4C(=O)N(c5ccccc5)C(=O)[C@@H]4[C@@H]3CC3=C2C(=O)C=C(Br)C3=O)c1. The highest BCUT2D eigenvalue weighted by molar-refractivity contribution is 9.12. The number of allylic oxidation sites excluding steroid dienone is 6. The number of amides is 2. The van der Waals surface area contributed by atoms with E-state index in [-0.39, 0.29) is 40.0 Å². The van der Waals surface area contributed by atoms with E-state index in [0.717, 1.165) is 5.57 Å². The number of nitrogens with zero attached hydrogens (tertiary/aromatic N) is 1. The van der Waals surface area contributed by atoms with Crippen molar-refractivity contribution >= 4 is 45.0 Å². The Bertz CT molecular complexity index is 1490. The van der Waals surface area contributed by atoms with Crippen LogP contribution >= 0.6 is 15.9 Å². The molecule has 2 amide bonds. The molecule has 186 valence electrons. The number of Topliss-reactive ketones (excluding diaryl/α,β-unsaturated/α-hetero) is 1. The summed E-state index contributed by atoms with van der Waals surface area (Å²) >= 11 is 3.22. The lowest BCUT2D eigenvalue weighted by molar-refractivity contribution is -0.123. The Balaban J connectivity index is 1.52. The van der Waals surface area contributed by atoms with Crippen molar-refractivity contribution in [3.63, 3.8) is 0 Å². The van der Waals surface area contributed by atoms with Crippen molar-refractivity contribution in [3.8, 4) is 11.5 Å². The zero-order valence-electron chi connectivity index (χ0n) is 19.8. The second-order valence-corrected chi connectivity index (χ2v) is 10.5. The first-order valence-electron chi connectivity index (χ1n) is 12.0. The van der Waals surface area contributed by atoms with E-state index in [1.165, 1.54) is 24.2 Å². The van der Waals surface area contributed by atoms with Gasteiger partial charge in [0.25, 0.3) is 0 Å². The van der Waals surface area contributed by atoms with Gasteiger partial charge in [-0.25, -0.2) is 0 Å². The number of imide groups is 1. The summed E-state index contributed by atoms with van der Waals surface area (Å²) in [5, 5.41) is 10.9. The number of methoxy groups -OCH3 is 1. The minimum Gasteiger partial charge on any atom is -0.508 e. The van der Waals surface area contributed by atoms with Gasteiger partial charge in [-0.15, -0.1) is 0 Å². The van der Waals surface area contributed by atoms with Crippen molar-refractivity contribution in [2.24, 2.45) is 17.8 Å². The molecule has 2 aromatic rings. The lowest BCUT2D eigenvalue weighted by atomic mass is 9.59. The number of aromatic hydroxyl groups is 1. The van der Waals surface area contributed by atoms with Crippen molar-refractivity contribution < 1.29 is 29.0 Å². The van der Waals surface area contributed by atoms with Crippen molar-refractivity contribution in [1.29, 1.82) is 0 Å². The quantitative estimate of drug-likeness (QED) is 0.340. The Labute approximate surface area is 221 Å². The van der Waals surface area contributed by atoms with Gasteiger partial charge >= 0.3 is 0 Å². The highest BCUT2D eigenvalue weighted by Gasteiger charge is 2.56. The molecular formula is C29H22BrNO6. The summed E-state index contributed by atoms with van der Waals surface area (Å²) in [4.78, 5) is 55.1. The molecule has 37 heavy (non-hydrogen) atoms. The van der Waals surface area contributed by atoms with Gasteiger partial charge in [-0.1, -0.05) is 29.8 Å². The van der Waals surface area contributed by atoms with Gasteiger partial charge in [-0.3, -0.25) is 24.1 Å². The third kappa shape index (κ3) is 3.46. The van der Waals surface area contributed by atoms with Crippen LogP contribution in [0.5, 0.6) is 11.5 Å². The maximum atomic E-state index is 13.8. The molecule has 0 bridgehead atoms. The Morgan fingerprint density at radius 1 is 1.00 bits per heavy atom. The summed E-state index contributed by atoms with van der Waals surface area (Å²) in [7, 11) is 1.51. The third-order valence-electron chi connectivity index (χ3n) is 7.89. The number of fused-ring (bicyclic) bond motifs is 3. The molecule has 1 heterocycles. The smallest absolute Gasteiger partial charge is 0.238 e. The number of benzene rings is 2. The molecule has 4 aliphatic rings. The van der Waals surface area contributed by atoms with Gasteiger partial charge in [0, 0.05) is 28.7 Å². The van der Waals surface area contributed by atoms with Crippen LogP contribution in [-0.4, -0.2) is 35.6 Å². The number of phenols is 1. The second-order valence-electron chi connectivity index (χ2n) is 9.67. The number of para-hydroxylation sites is 1. The summed E-state index contributed by atoms with van der Waals surface area (Å²) in [6, 6.07) is 13.6. The minimum atomic E-state index is -0.744. The van der Waals surface area contributed by atoms with Crippen LogP contribution in [0.15, 0.2) is 81.9 Å². The molecule has 0 radical (unpaired) electrons. The summed E-state index contributed by atoms with van der Waals surface area (Å²) in [5.41, 5.74) is 2.32. The minimum absolute atomic E-state index is 0.0464. The lowest BCUT2D eigenvalue weighted by Gasteiger charge is -2.42. The molecular weight excluding hydrogens is 538 g/mol. The maximum Gasteiger partial charge on any atom is 0.238 e. The number of anilines is 1. The zero-order chi connectivity index (χ0) is 26.0. The van der Waals surface area contributed by atoms with Gasteiger partial charge in [0.05, 0.1) is 29.1 Å². The number of hydrogen-bond donors (Lipinski definition) is 1. The molecule has 4 atom stereocenters. The first-order valence-corrected chi connectivity index (χ1v) is 12.8. The predicted molar refractivity (Wildman–Crippen MR) is 138 cm³/mol. The van der Waals surface area contributed by atoms with Gasteiger partial charge in [-0.05, 0) is 65.0 Å². The van der Waals surface area contributed by atoms with E-state index < -0.39 is 23.7 Å². The summed E-state index contributed by atoms with van der Waals surface area (Å²) in [6.07, 6.45) is 3.68. The fraction of sp³-hybridized carbons (Fsp3) is 0.241. The Morgan fingerprint density at radius 3 is 2.49 bits per heavy atom. The van der Waals surface area contributed by atoms with E-state index in [1.807, 2.05) is 12.1 Å². The number of ether oxygens (including phenoxy) is 1. The van der Waals surface area contributed by atoms with Crippen LogP contribution < -0.4 is 9.64 Å². The normalized spacial score (nSPS) is 26.9. The van der Waals surface area contributed by atoms with Crippen LogP contribution in [0.2, 0.25) is 0 Å². The summed E-state index contributed by atoms with van der Waals surface area (Å²) < 4.78 is 5.53. The Morgan fingerprint density at radius 2 is 1.76 bits per heavy atom. The average Bonchev–Trinajstić information content (AvgIpc) is 3.16. The van der Waals surface area contributed by atoms with E-state index in [2.05, 4.69) is 15.9 Å². The van der Waals surface area contributed by atoms with Gasteiger partial charge in [0.1, 0.15) is 11.5 Å². The molecule has 6 rings (SSSR count). The van der Waals surface area contributed by atoms with Crippen LogP contribution in [0.25, 0.3) is 0 Å². The van der Waals surface area contributed by atoms with Crippen LogP contribution in [-0.2, 0) is 19.2 Å². The van der Waals surface area contributed by atoms with Crippen molar-refractivity contribution in [1.82, 2.24) is 0 Å². The molecule has 0 spiro atoms. The van der Waals surface area contributed by atoms with Crippen LogP contribution in [0.1, 0.15) is 24.3 Å². The van der Waals surface area contributed by atoms with Gasteiger partial charge in [0.2, 0.25) is 11.8 Å². The van der Waals surface area contributed by atoms with Gasteiger partial charge in [0.15, 0.2) is 11.6 Å². The van der Waals surface area contributed by atoms with Crippen LogP contribution in [0.3, 0.4) is 0 Å². The molecule has 7 nitrogen and oxygen atoms in total. The molecule has 0 saturated carbocycles. The number of hydrogen-bond acceptors (Lipinski definition) is 6. The lowest BCUT2D eigenvalue weighted by Crippen LogP contribution is -2.39. The standard InChI is InChI=1S/C29H22BrNO6/c1-37-15-7-10-22(32)19(11-15)24-16-8-9-17-25(29(36)31(28(17)35)14-5-3-2-4-6-14)18(16)12-20-26(24)23(33)13-21(30)27(20)34/h2-8,10-11,13,17-18,24-25,32H,9,12H2,1H3/t17-,18+,24+,25-/m0/s1. The van der Waals surface area contributed by atoms with Crippen molar-refractivity contribution in [2.75, 3.05) is 12.0 Å². The molecule has 3 aliphatic carbocycles. The summed E-state index contributed by atoms with van der Waals surface area (Å²) in [6.45, 7) is 0. The number of carbonyl (C=O) groups excluding carboxylic acids is 4. The fourth-order valence-corrected chi connectivity index (χ4v) is 6.73. The van der Waals surface area contributed by atoms with Crippen LogP contribution in [0.4, 0.5) is 5.69 Å². The predicted octanol–water partition coefficient (Wildman–Crippen LogP) is 4.37. The zero-order valence-corrected chi connectivity index (χ0v) is 21.4. The number of carbonyl (C=O) groups is 4. The first kappa shape index (κ1) is 23.6. The van der Waals surface area contributed by atoms with E-state index in [1.54, 1.807) is 36.4 Å². The molecule has 1 N–H and O–H groups in total. The number of phenolic OH excluding ortho intramolecular Hbond substituents is 1. The Kier molecular flexibility index (Phi) is 5.53. The molecule has 0 unspecified atom stereocenters. The van der Waals surface area contributed by atoms with E-state index >= 15 is 0 Å². The average molecular weight is 560 g/mol. The molecule has 8 heteroatoms. The number of rotatable bonds is 3.